The van der Waals surface area contributed by atoms with Crippen LogP contribution in [-0.2, 0) is 0 Å². The summed E-state index contributed by atoms with van der Waals surface area (Å²) in [4.78, 5) is 0. The van der Waals surface area contributed by atoms with Crippen molar-refractivity contribution in [1.82, 2.24) is 5.32 Å². The summed E-state index contributed by atoms with van der Waals surface area (Å²) in [5.41, 5.74) is -2.01. The van der Waals surface area contributed by atoms with Gasteiger partial charge in [-0.1, -0.05) is 6.92 Å². The van der Waals surface area contributed by atoms with Crippen LogP contribution in [0.1, 0.15) is 40.0 Å². The van der Waals surface area contributed by atoms with Crippen molar-refractivity contribution in [2.24, 2.45) is 0 Å². The van der Waals surface area contributed by atoms with E-state index in [1.807, 2.05) is 0 Å². The molecule has 0 aliphatic heterocycles. The molecular weight excluding hydrogens is 248 g/mol. The molecule has 1 atom stereocenters. The maximum atomic E-state index is 12.3. The van der Waals surface area contributed by atoms with Crippen molar-refractivity contribution in [2.75, 3.05) is 0 Å². The first-order chi connectivity index (χ1) is 7.37. The zero-order valence-corrected chi connectivity index (χ0v) is 9.97. The van der Waals surface area contributed by atoms with Gasteiger partial charge in [-0.25, -0.2) is 0 Å². The zero-order chi connectivity index (χ0) is 13.9. The smallest absolute Gasteiger partial charge is 0.308 e. The van der Waals surface area contributed by atoms with Crippen molar-refractivity contribution in [2.45, 2.75) is 64.0 Å². The zero-order valence-electron chi connectivity index (χ0n) is 9.97. The lowest BCUT2D eigenvalue weighted by atomic mass is 9.91. The Morgan fingerprint density at radius 1 is 0.941 bits per heavy atom. The Hall–Kier alpha value is -0.460. The molecular formula is C10H17F6N. The fourth-order valence-electron chi connectivity index (χ4n) is 1.75. The third-order valence-electron chi connectivity index (χ3n) is 2.39. The van der Waals surface area contributed by atoms with Crippen LogP contribution in [0.15, 0.2) is 0 Å². The third-order valence-corrected chi connectivity index (χ3v) is 2.39. The van der Waals surface area contributed by atoms with E-state index in [2.05, 4.69) is 5.32 Å². The van der Waals surface area contributed by atoms with E-state index in [0.717, 1.165) is 6.92 Å². The molecule has 0 bridgehead atoms. The molecule has 0 radical (unpaired) electrons. The highest BCUT2D eigenvalue weighted by molar-refractivity contribution is 4.90. The molecule has 0 aliphatic carbocycles. The van der Waals surface area contributed by atoms with Crippen LogP contribution in [-0.4, -0.2) is 23.9 Å². The number of hydrogen-bond acceptors (Lipinski definition) is 1. The lowest BCUT2D eigenvalue weighted by Crippen LogP contribution is -2.52. The molecule has 0 saturated carbocycles. The monoisotopic (exact) mass is 265 g/mol. The highest BCUT2D eigenvalue weighted by atomic mass is 19.4. The molecule has 0 aromatic rings. The molecule has 17 heavy (non-hydrogen) atoms. The minimum Gasteiger partial charge on any atom is -0.308 e. The van der Waals surface area contributed by atoms with Crippen LogP contribution in [0.5, 0.6) is 0 Å². The largest absolute Gasteiger partial charge is 0.390 e. The molecule has 0 aromatic heterocycles. The van der Waals surface area contributed by atoms with Gasteiger partial charge in [-0.05, 0) is 20.3 Å². The van der Waals surface area contributed by atoms with Gasteiger partial charge in [-0.2, -0.15) is 26.3 Å². The second kappa shape index (κ2) is 5.46. The van der Waals surface area contributed by atoms with Crippen molar-refractivity contribution >= 4 is 0 Å². The van der Waals surface area contributed by atoms with E-state index in [0.29, 0.717) is 6.42 Å². The van der Waals surface area contributed by atoms with Crippen LogP contribution in [0.4, 0.5) is 26.3 Å². The SMILES string of the molecule is CCC(C)NC(C)(CC(F)(F)F)CC(F)(F)F. The second-order valence-electron chi connectivity index (χ2n) is 4.60. The molecule has 0 amide bonds. The Labute approximate surface area is 96.6 Å². The molecule has 1 nitrogen and oxygen atoms in total. The summed E-state index contributed by atoms with van der Waals surface area (Å²) >= 11 is 0. The summed E-state index contributed by atoms with van der Waals surface area (Å²) in [5, 5.41) is 2.42. The molecule has 0 saturated heterocycles. The van der Waals surface area contributed by atoms with Gasteiger partial charge in [0.25, 0.3) is 0 Å². The molecule has 1 N–H and O–H groups in total. The van der Waals surface area contributed by atoms with Gasteiger partial charge in [0.05, 0.1) is 12.8 Å². The molecule has 0 aromatic carbocycles. The van der Waals surface area contributed by atoms with Gasteiger partial charge in [0.2, 0.25) is 0 Å². The summed E-state index contributed by atoms with van der Waals surface area (Å²) in [6.45, 7) is 4.21. The number of nitrogens with one attached hydrogen (secondary N) is 1. The Bertz CT molecular complexity index is 216. The molecule has 0 heterocycles. The fraction of sp³-hybridized carbons (Fsp3) is 1.00. The average molecular weight is 265 g/mol. The summed E-state index contributed by atoms with van der Waals surface area (Å²) < 4.78 is 73.6. The van der Waals surface area contributed by atoms with Gasteiger partial charge in [0, 0.05) is 11.6 Å². The van der Waals surface area contributed by atoms with E-state index in [4.69, 9.17) is 0 Å². The first-order valence-corrected chi connectivity index (χ1v) is 5.28. The van der Waals surface area contributed by atoms with Crippen LogP contribution in [0.3, 0.4) is 0 Å². The van der Waals surface area contributed by atoms with Gasteiger partial charge in [-0.3, -0.25) is 0 Å². The lowest BCUT2D eigenvalue weighted by molar-refractivity contribution is -0.180. The molecule has 104 valence electrons. The Balaban J connectivity index is 4.81. The predicted octanol–water partition coefficient (Wildman–Crippen LogP) is 4.04. The van der Waals surface area contributed by atoms with Gasteiger partial charge >= 0.3 is 12.4 Å². The van der Waals surface area contributed by atoms with Gasteiger partial charge in [-0.15, -0.1) is 0 Å². The summed E-state index contributed by atoms with van der Waals surface area (Å²) in [5.74, 6) is 0. The van der Waals surface area contributed by atoms with E-state index < -0.39 is 36.8 Å². The number of alkyl halides is 6. The third kappa shape index (κ3) is 8.29. The van der Waals surface area contributed by atoms with E-state index in [1.165, 1.54) is 0 Å². The molecule has 1 unspecified atom stereocenters. The Morgan fingerprint density at radius 2 is 1.29 bits per heavy atom. The first-order valence-electron chi connectivity index (χ1n) is 5.28. The Morgan fingerprint density at radius 3 is 1.53 bits per heavy atom. The van der Waals surface area contributed by atoms with E-state index in [9.17, 15) is 26.3 Å². The van der Waals surface area contributed by atoms with Crippen LogP contribution in [0, 0.1) is 0 Å². The fourth-order valence-corrected chi connectivity index (χ4v) is 1.75. The van der Waals surface area contributed by atoms with Crippen molar-refractivity contribution in [3.8, 4) is 0 Å². The van der Waals surface area contributed by atoms with Crippen LogP contribution >= 0.6 is 0 Å². The number of rotatable bonds is 5. The van der Waals surface area contributed by atoms with Gasteiger partial charge < -0.3 is 5.32 Å². The van der Waals surface area contributed by atoms with Gasteiger partial charge in [0.1, 0.15) is 0 Å². The van der Waals surface area contributed by atoms with E-state index >= 15 is 0 Å². The quantitative estimate of drug-likeness (QED) is 0.740. The molecule has 0 aliphatic rings. The molecule has 7 heteroatoms. The normalized spacial score (nSPS) is 16.1. The molecule has 0 rings (SSSR count). The van der Waals surface area contributed by atoms with E-state index in [-0.39, 0.29) is 0 Å². The van der Waals surface area contributed by atoms with Crippen molar-refractivity contribution in [3.63, 3.8) is 0 Å². The topological polar surface area (TPSA) is 12.0 Å². The lowest BCUT2D eigenvalue weighted by Gasteiger charge is -2.35. The highest BCUT2D eigenvalue weighted by Gasteiger charge is 2.46. The average Bonchev–Trinajstić information content (AvgIpc) is 1.94. The Kier molecular flexibility index (Phi) is 5.31. The first kappa shape index (κ1) is 16.5. The van der Waals surface area contributed by atoms with Gasteiger partial charge in [0.15, 0.2) is 0 Å². The standard InChI is InChI=1S/C10H17F6N/c1-4-7(2)17-8(3,5-9(11,12)13)6-10(14,15)16/h7,17H,4-6H2,1-3H3. The minimum atomic E-state index is -4.62. The van der Waals surface area contributed by atoms with Crippen molar-refractivity contribution in [3.05, 3.63) is 0 Å². The molecule has 0 spiro atoms. The predicted molar refractivity (Wildman–Crippen MR) is 52.6 cm³/mol. The minimum absolute atomic E-state index is 0.398. The van der Waals surface area contributed by atoms with Crippen LogP contribution < -0.4 is 5.32 Å². The van der Waals surface area contributed by atoms with Crippen molar-refractivity contribution < 1.29 is 26.3 Å². The summed E-state index contributed by atoms with van der Waals surface area (Å²) in [6, 6.07) is -0.398. The van der Waals surface area contributed by atoms with E-state index in [1.54, 1.807) is 13.8 Å². The summed E-state index contributed by atoms with van der Waals surface area (Å²) in [7, 11) is 0. The maximum absolute atomic E-state index is 12.3. The highest BCUT2D eigenvalue weighted by Crippen LogP contribution is 2.35. The molecule has 0 fully saturated rings. The second-order valence-corrected chi connectivity index (χ2v) is 4.60. The number of halogens is 6. The van der Waals surface area contributed by atoms with Crippen LogP contribution in [0.2, 0.25) is 0 Å². The van der Waals surface area contributed by atoms with Crippen molar-refractivity contribution in [1.29, 1.82) is 0 Å². The summed E-state index contributed by atoms with van der Waals surface area (Å²) in [6.07, 6.45) is -11.8. The number of hydrogen-bond donors (Lipinski definition) is 1. The maximum Gasteiger partial charge on any atom is 0.390 e. The van der Waals surface area contributed by atoms with Crippen LogP contribution in [0.25, 0.3) is 0 Å².